The van der Waals surface area contributed by atoms with Gasteiger partial charge in [0.15, 0.2) is 15.8 Å². The molecule has 0 aromatic heterocycles. The van der Waals surface area contributed by atoms with Crippen LogP contribution in [0.25, 0.3) is 6.08 Å². The van der Waals surface area contributed by atoms with E-state index < -0.39 is 0 Å². The van der Waals surface area contributed by atoms with Gasteiger partial charge in [-0.25, -0.2) is 0 Å². The van der Waals surface area contributed by atoms with E-state index in [1.54, 1.807) is 30.4 Å². The summed E-state index contributed by atoms with van der Waals surface area (Å²) in [6.07, 6.45) is 3.44. The molecule has 0 N–H and O–H groups in total. The molecule has 0 unspecified atom stereocenters. The van der Waals surface area contributed by atoms with Crippen LogP contribution in [-0.2, 0) is 4.79 Å². The minimum Gasteiger partial charge on any atom is -0.490 e. The molecule has 30 heavy (non-hydrogen) atoms. The summed E-state index contributed by atoms with van der Waals surface area (Å²) in [5.41, 5.74) is 1.41. The number of anilines is 1. The number of carbonyl (C=O) groups excluding carboxylic acids is 1. The van der Waals surface area contributed by atoms with Gasteiger partial charge in [-0.3, -0.25) is 9.69 Å². The van der Waals surface area contributed by atoms with E-state index in [9.17, 15) is 4.79 Å². The lowest BCUT2D eigenvalue weighted by Gasteiger charge is -2.15. The topological polar surface area (TPSA) is 38.8 Å². The van der Waals surface area contributed by atoms with Gasteiger partial charge in [-0.2, -0.15) is 0 Å². The molecule has 2 aromatic carbocycles. The molecule has 1 aliphatic heterocycles. The first kappa shape index (κ1) is 23.3. The molecule has 2 aromatic rings. The van der Waals surface area contributed by atoms with Gasteiger partial charge >= 0.3 is 0 Å². The van der Waals surface area contributed by atoms with Crippen LogP contribution in [0.1, 0.15) is 12.5 Å². The molecule has 1 fully saturated rings. The number of ether oxygens (including phenoxy) is 2. The van der Waals surface area contributed by atoms with Gasteiger partial charge < -0.3 is 9.47 Å². The Morgan fingerprint density at radius 1 is 1.23 bits per heavy atom. The molecule has 1 aliphatic rings. The van der Waals surface area contributed by atoms with Gasteiger partial charge in [-0.15, -0.1) is 0 Å². The molecule has 9 heteroatoms. The van der Waals surface area contributed by atoms with Crippen molar-refractivity contribution < 1.29 is 14.3 Å². The van der Waals surface area contributed by atoms with Crippen LogP contribution < -0.4 is 14.4 Å². The first-order valence-electron chi connectivity index (χ1n) is 8.78. The second-order valence-corrected chi connectivity index (χ2v) is 9.77. The highest BCUT2D eigenvalue weighted by Gasteiger charge is 2.33. The zero-order valence-electron chi connectivity index (χ0n) is 15.8. The monoisotopic (exact) mass is 587 g/mol. The molecule has 156 valence electrons. The summed E-state index contributed by atoms with van der Waals surface area (Å²) in [6.45, 7) is 6.39. The molecular weight excluding hydrogens is 574 g/mol. The fourth-order valence-electron chi connectivity index (χ4n) is 2.68. The van der Waals surface area contributed by atoms with Gasteiger partial charge in [0, 0.05) is 4.47 Å². The molecule has 1 heterocycles. The highest BCUT2D eigenvalue weighted by atomic mass is 79.9. The fraction of sp³-hybridized carbons (Fsp3) is 0.143. The Hall–Kier alpha value is -1.32. The molecule has 0 radical (unpaired) electrons. The lowest BCUT2D eigenvalue weighted by atomic mass is 10.1. The summed E-state index contributed by atoms with van der Waals surface area (Å²) in [7, 11) is 0. The summed E-state index contributed by atoms with van der Waals surface area (Å²) < 4.78 is 13.3. The summed E-state index contributed by atoms with van der Waals surface area (Å²) >= 11 is 19.7. The fourth-order valence-corrected chi connectivity index (χ4v) is 4.98. The van der Waals surface area contributed by atoms with E-state index in [-0.39, 0.29) is 5.91 Å². The predicted molar refractivity (Wildman–Crippen MR) is 136 cm³/mol. The third kappa shape index (κ3) is 5.11. The molecule has 3 rings (SSSR count). The minimum absolute atomic E-state index is 0.204. The largest absolute Gasteiger partial charge is 0.490 e. The van der Waals surface area contributed by atoms with E-state index in [0.717, 1.165) is 14.5 Å². The minimum atomic E-state index is -0.204. The Balaban J connectivity index is 1.94. The summed E-state index contributed by atoms with van der Waals surface area (Å²) in [4.78, 5) is 15.0. The van der Waals surface area contributed by atoms with Crippen molar-refractivity contribution in [1.82, 2.24) is 0 Å². The van der Waals surface area contributed by atoms with Crippen LogP contribution in [-0.4, -0.2) is 23.4 Å². The Labute approximate surface area is 206 Å². The van der Waals surface area contributed by atoms with Crippen molar-refractivity contribution in [1.29, 1.82) is 0 Å². The van der Waals surface area contributed by atoms with Crippen molar-refractivity contribution in [2.45, 2.75) is 6.92 Å². The molecule has 0 saturated carbocycles. The number of amides is 1. The van der Waals surface area contributed by atoms with Gasteiger partial charge in [0.05, 0.1) is 26.7 Å². The van der Waals surface area contributed by atoms with Crippen molar-refractivity contribution in [3.8, 4) is 11.5 Å². The van der Waals surface area contributed by atoms with Gasteiger partial charge in [-0.1, -0.05) is 48.2 Å². The highest BCUT2D eigenvalue weighted by molar-refractivity contribution is 9.10. The van der Waals surface area contributed by atoms with Crippen molar-refractivity contribution in [3.63, 3.8) is 0 Å². The average molecular weight is 590 g/mol. The van der Waals surface area contributed by atoms with Crippen LogP contribution in [0.3, 0.4) is 0 Å². The number of nitrogens with zero attached hydrogens (tertiary/aromatic N) is 1. The van der Waals surface area contributed by atoms with E-state index in [1.165, 1.54) is 16.7 Å². The van der Waals surface area contributed by atoms with Gasteiger partial charge in [-0.05, 0) is 80.8 Å². The summed E-state index contributed by atoms with van der Waals surface area (Å²) in [6, 6.07) is 8.97. The smallest absolute Gasteiger partial charge is 0.270 e. The first-order valence-corrected chi connectivity index (χ1v) is 12.0. The molecule has 4 nitrogen and oxygen atoms in total. The van der Waals surface area contributed by atoms with E-state index in [2.05, 4.69) is 38.4 Å². The first-order chi connectivity index (χ1) is 14.3. The predicted octanol–water partition coefficient (Wildman–Crippen LogP) is 7.23. The van der Waals surface area contributed by atoms with Gasteiger partial charge in [0.1, 0.15) is 6.61 Å². The Morgan fingerprint density at radius 2 is 2.00 bits per heavy atom. The number of rotatable bonds is 7. The zero-order chi connectivity index (χ0) is 21.8. The number of benzene rings is 2. The Kier molecular flexibility index (Phi) is 8.04. The number of carbonyl (C=O) groups is 1. The van der Waals surface area contributed by atoms with E-state index in [4.69, 9.17) is 33.3 Å². The summed E-state index contributed by atoms with van der Waals surface area (Å²) in [5.74, 6) is 0.963. The van der Waals surface area contributed by atoms with E-state index in [1.807, 2.05) is 19.1 Å². The summed E-state index contributed by atoms with van der Waals surface area (Å²) in [5, 5.41) is 0.505. The number of thioether (sulfide) groups is 1. The van der Waals surface area contributed by atoms with E-state index >= 15 is 0 Å². The van der Waals surface area contributed by atoms with Crippen molar-refractivity contribution in [3.05, 3.63) is 67.4 Å². The zero-order valence-corrected chi connectivity index (χ0v) is 21.3. The van der Waals surface area contributed by atoms with Gasteiger partial charge in [0.25, 0.3) is 5.91 Å². The Morgan fingerprint density at radius 3 is 2.67 bits per heavy atom. The van der Waals surface area contributed by atoms with Crippen LogP contribution in [0.2, 0.25) is 5.02 Å². The highest BCUT2D eigenvalue weighted by Crippen LogP contribution is 2.41. The van der Waals surface area contributed by atoms with Crippen molar-refractivity contribution in [2.75, 3.05) is 18.1 Å². The molecule has 0 bridgehead atoms. The van der Waals surface area contributed by atoms with Crippen LogP contribution in [0.15, 0.2) is 56.8 Å². The SMILES string of the molecule is C=CCOc1c(Br)cc(/C=C2/SC(=S)N(c3ccc(Br)c(Cl)c3)C2=O)cc1OCC. The number of thiocarbonyl (C=S) groups is 1. The maximum atomic E-state index is 13.0. The Bertz CT molecular complexity index is 1060. The van der Waals surface area contributed by atoms with Crippen LogP contribution in [0.5, 0.6) is 11.5 Å². The molecule has 1 amide bonds. The second-order valence-electron chi connectivity index (χ2n) is 5.98. The number of hydrogen-bond donors (Lipinski definition) is 0. The lowest BCUT2D eigenvalue weighted by Crippen LogP contribution is -2.27. The van der Waals surface area contributed by atoms with Gasteiger partial charge in [0.2, 0.25) is 0 Å². The third-order valence-corrected chi connectivity index (χ3v) is 7.05. The van der Waals surface area contributed by atoms with Crippen LogP contribution >= 0.6 is 67.4 Å². The molecule has 1 saturated heterocycles. The third-order valence-electron chi connectivity index (χ3n) is 3.93. The maximum Gasteiger partial charge on any atom is 0.270 e. The van der Waals surface area contributed by atoms with Crippen LogP contribution in [0, 0.1) is 0 Å². The lowest BCUT2D eigenvalue weighted by molar-refractivity contribution is -0.113. The second kappa shape index (κ2) is 10.3. The quantitative estimate of drug-likeness (QED) is 0.194. The average Bonchev–Trinajstić information content (AvgIpc) is 2.97. The van der Waals surface area contributed by atoms with Crippen molar-refractivity contribution >= 4 is 89.4 Å². The standard InChI is InChI=1S/C21H16Br2ClNO3S2/c1-3-7-28-19-15(23)8-12(9-17(19)27-4-2)10-18-20(26)25(21(29)30-18)13-5-6-14(22)16(24)11-13/h3,5-6,8-11H,1,4,7H2,2H3/b18-10+. The number of hydrogen-bond acceptors (Lipinski definition) is 5. The maximum absolute atomic E-state index is 13.0. The van der Waals surface area contributed by atoms with E-state index in [0.29, 0.717) is 44.6 Å². The molecule has 0 spiro atoms. The molecular formula is C21H16Br2ClNO3S2. The normalized spacial score (nSPS) is 15.1. The number of halogens is 3. The molecule has 0 atom stereocenters. The molecule has 0 aliphatic carbocycles. The van der Waals surface area contributed by atoms with Crippen molar-refractivity contribution in [2.24, 2.45) is 0 Å². The van der Waals surface area contributed by atoms with Crippen LogP contribution in [0.4, 0.5) is 5.69 Å².